The van der Waals surface area contributed by atoms with E-state index in [1.807, 2.05) is 31.2 Å². The zero-order valence-electron chi connectivity index (χ0n) is 10.9. The summed E-state index contributed by atoms with van der Waals surface area (Å²) in [5.41, 5.74) is 1.92. The molecule has 0 radical (unpaired) electrons. The van der Waals surface area contributed by atoms with Gasteiger partial charge in [-0.1, -0.05) is 36.4 Å². The molecule has 0 aliphatic carbocycles. The van der Waals surface area contributed by atoms with E-state index in [2.05, 4.69) is 40.8 Å². The monoisotopic (exact) mass is 366 g/mol. The molecule has 1 aromatic heterocycles. The highest BCUT2D eigenvalue weighted by molar-refractivity contribution is 14.1. The Hall–Kier alpha value is -1.36. The Bertz CT molecular complexity index is 609. The summed E-state index contributed by atoms with van der Waals surface area (Å²) in [5.74, 6) is 1.49. The molecule has 0 aliphatic rings. The number of benzene rings is 1. The Morgan fingerprint density at radius 3 is 2.58 bits per heavy atom. The van der Waals surface area contributed by atoms with Crippen LogP contribution < -0.4 is 0 Å². The number of halogens is 1. The summed E-state index contributed by atoms with van der Waals surface area (Å²) < 4.78 is 6.65. The van der Waals surface area contributed by atoms with Crippen LogP contribution in [0.2, 0.25) is 0 Å². The lowest BCUT2D eigenvalue weighted by atomic mass is 10.1. The summed E-state index contributed by atoms with van der Waals surface area (Å²) in [6, 6.07) is 12.1. The Kier molecular flexibility index (Phi) is 4.58. The van der Waals surface area contributed by atoms with Crippen molar-refractivity contribution in [3.05, 3.63) is 65.1 Å². The van der Waals surface area contributed by atoms with Crippen LogP contribution in [0.1, 0.15) is 34.4 Å². The van der Waals surface area contributed by atoms with Crippen LogP contribution in [0.4, 0.5) is 0 Å². The van der Waals surface area contributed by atoms with Crippen molar-refractivity contribution >= 4 is 32.0 Å². The van der Waals surface area contributed by atoms with Crippen molar-refractivity contribution in [3.8, 4) is 0 Å². The molecular formula is C16H15IO2. The number of rotatable bonds is 4. The van der Waals surface area contributed by atoms with Crippen molar-refractivity contribution in [2.75, 3.05) is 0 Å². The summed E-state index contributed by atoms with van der Waals surface area (Å²) in [4.78, 5) is 11.4. The minimum atomic E-state index is 0.0414. The molecule has 1 heterocycles. The number of carbonyl (C=O) groups excluding carboxylic acids is 1. The van der Waals surface area contributed by atoms with Gasteiger partial charge < -0.3 is 4.42 Å². The summed E-state index contributed by atoms with van der Waals surface area (Å²) in [5, 5.41) is 0. The molecular weight excluding hydrogens is 351 g/mol. The minimum absolute atomic E-state index is 0.0414. The van der Waals surface area contributed by atoms with Gasteiger partial charge in [0, 0.05) is 0 Å². The number of hydrogen-bond donors (Lipinski definition) is 0. The fourth-order valence-electron chi connectivity index (χ4n) is 1.87. The van der Waals surface area contributed by atoms with E-state index < -0.39 is 0 Å². The number of allylic oxidation sites excluding steroid dienone is 1. The van der Waals surface area contributed by atoms with Gasteiger partial charge in [0.2, 0.25) is 0 Å². The van der Waals surface area contributed by atoms with Crippen LogP contribution in [0.15, 0.2) is 46.9 Å². The van der Waals surface area contributed by atoms with Crippen LogP contribution in [0.25, 0.3) is 3.58 Å². The summed E-state index contributed by atoms with van der Waals surface area (Å²) in [6.07, 6.45) is 2.96. The molecule has 2 rings (SSSR count). The third kappa shape index (κ3) is 3.56. The van der Waals surface area contributed by atoms with Crippen molar-refractivity contribution in [1.82, 2.24) is 0 Å². The van der Waals surface area contributed by atoms with Crippen LogP contribution in [0.3, 0.4) is 0 Å². The lowest BCUT2D eigenvalue weighted by molar-refractivity contribution is 0.101. The molecule has 2 nitrogen and oxygen atoms in total. The smallest absolute Gasteiger partial charge is 0.163 e. The molecule has 3 heteroatoms. The Morgan fingerprint density at radius 2 is 2.00 bits per heavy atom. The largest absolute Gasteiger partial charge is 0.460 e. The number of ketones is 1. The molecule has 0 saturated heterocycles. The zero-order chi connectivity index (χ0) is 13.8. The SMILES string of the molecule is CC(=O)c1cc(/C(I)=C/Cc2ccccc2)oc1C. The van der Waals surface area contributed by atoms with Crippen molar-refractivity contribution < 1.29 is 9.21 Å². The van der Waals surface area contributed by atoms with Gasteiger partial charge in [0.25, 0.3) is 0 Å². The minimum Gasteiger partial charge on any atom is -0.460 e. The molecule has 98 valence electrons. The molecule has 1 aromatic carbocycles. The molecule has 0 bridgehead atoms. The Balaban J connectivity index is 2.17. The van der Waals surface area contributed by atoms with E-state index in [1.165, 1.54) is 5.56 Å². The summed E-state index contributed by atoms with van der Waals surface area (Å²) in [6.45, 7) is 3.38. The highest BCUT2D eigenvalue weighted by atomic mass is 127. The normalized spacial score (nSPS) is 11.6. The molecule has 0 N–H and O–H groups in total. The van der Waals surface area contributed by atoms with Gasteiger partial charge in [0.15, 0.2) is 5.78 Å². The van der Waals surface area contributed by atoms with E-state index in [9.17, 15) is 4.79 Å². The summed E-state index contributed by atoms with van der Waals surface area (Å²) >= 11 is 2.24. The van der Waals surface area contributed by atoms with Crippen molar-refractivity contribution in [3.63, 3.8) is 0 Å². The number of Topliss-reactive ketones (excluding diaryl/α,β-unsaturated/α-hetero) is 1. The van der Waals surface area contributed by atoms with E-state index in [0.29, 0.717) is 11.3 Å². The van der Waals surface area contributed by atoms with Crippen LogP contribution in [-0.4, -0.2) is 5.78 Å². The lowest BCUT2D eigenvalue weighted by Crippen LogP contribution is -1.90. The van der Waals surface area contributed by atoms with E-state index >= 15 is 0 Å². The van der Waals surface area contributed by atoms with Gasteiger partial charge in [0.1, 0.15) is 11.5 Å². The highest BCUT2D eigenvalue weighted by Gasteiger charge is 2.12. The third-order valence-electron chi connectivity index (χ3n) is 2.89. The molecule has 19 heavy (non-hydrogen) atoms. The van der Waals surface area contributed by atoms with Gasteiger partial charge >= 0.3 is 0 Å². The summed E-state index contributed by atoms with van der Waals surface area (Å²) in [7, 11) is 0. The Morgan fingerprint density at radius 1 is 1.32 bits per heavy atom. The predicted molar refractivity (Wildman–Crippen MR) is 85.6 cm³/mol. The number of hydrogen-bond acceptors (Lipinski definition) is 2. The fraction of sp³-hybridized carbons (Fsp3) is 0.188. The molecule has 2 aromatic rings. The first kappa shape index (κ1) is 14.1. The maximum Gasteiger partial charge on any atom is 0.163 e. The van der Waals surface area contributed by atoms with Crippen LogP contribution in [-0.2, 0) is 6.42 Å². The van der Waals surface area contributed by atoms with Crippen LogP contribution >= 0.6 is 22.6 Å². The molecule has 0 unspecified atom stereocenters. The third-order valence-corrected chi connectivity index (χ3v) is 3.86. The quantitative estimate of drug-likeness (QED) is 0.574. The topological polar surface area (TPSA) is 30.2 Å². The number of aryl methyl sites for hydroxylation is 1. The highest BCUT2D eigenvalue weighted by Crippen LogP contribution is 2.27. The second-order valence-corrected chi connectivity index (χ2v) is 5.54. The van der Waals surface area contributed by atoms with E-state index in [1.54, 1.807) is 6.92 Å². The van der Waals surface area contributed by atoms with Gasteiger partial charge in [0.05, 0.1) is 9.14 Å². The average molecular weight is 366 g/mol. The number of furan rings is 1. The van der Waals surface area contributed by atoms with E-state index in [4.69, 9.17) is 4.42 Å². The van der Waals surface area contributed by atoms with Crippen LogP contribution in [0.5, 0.6) is 0 Å². The van der Waals surface area contributed by atoms with Gasteiger partial charge in [-0.25, -0.2) is 0 Å². The lowest BCUT2D eigenvalue weighted by Gasteiger charge is -1.97. The molecule has 0 aliphatic heterocycles. The molecule has 0 spiro atoms. The molecule has 0 atom stereocenters. The van der Waals surface area contributed by atoms with Gasteiger partial charge in [-0.05, 0) is 54.5 Å². The standard InChI is InChI=1S/C16H15IO2/c1-11(18)14-10-16(19-12(14)2)15(17)9-8-13-6-4-3-5-7-13/h3-7,9-10H,8H2,1-2H3/b15-9-. The zero-order valence-corrected chi connectivity index (χ0v) is 13.1. The first-order valence-electron chi connectivity index (χ1n) is 6.09. The molecule has 0 fully saturated rings. The van der Waals surface area contributed by atoms with E-state index in [-0.39, 0.29) is 5.78 Å². The number of carbonyl (C=O) groups is 1. The van der Waals surface area contributed by atoms with Crippen molar-refractivity contribution in [2.24, 2.45) is 0 Å². The predicted octanol–water partition coefficient (Wildman–Crippen LogP) is 4.81. The van der Waals surface area contributed by atoms with Crippen molar-refractivity contribution in [1.29, 1.82) is 0 Å². The second-order valence-electron chi connectivity index (χ2n) is 4.38. The van der Waals surface area contributed by atoms with Crippen LogP contribution in [0, 0.1) is 6.92 Å². The first-order valence-corrected chi connectivity index (χ1v) is 7.17. The van der Waals surface area contributed by atoms with Gasteiger partial charge in [-0.3, -0.25) is 4.79 Å². The van der Waals surface area contributed by atoms with Gasteiger partial charge in [-0.15, -0.1) is 0 Å². The second kappa shape index (κ2) is 6.19. The molecule has 0 saturated carbocycles. The van der Waals surface area contributed by atoms with E-state index in [0.717, 1.165) is 15.8 Å². The molecule has 0 amide bonds. The average Bonchev–Trinajstić information content (AvgIpc) is 2.79. The van der Waals surface area contributed by atoms with Crippen molar-refractivity contribution in [2.45, 2.75) is 20.3 Å². The fourth-order valence-corrected chi connectivity index (χ4v) is 2.36. The first-order chi connectivity index (χ1) is 9.08. The maximum atomic E-state index is 11.4. The Labute approximate surface area is 126 Å². The maximum absolute atomic E-state index is 11.4. The van der Waals surface area contributed by atoms with Gasteiger partial charge in [-0.2, -0.15) is 0 Å².